The van der Waals surface area contributed by atoms with Crippen molar-refractivity contribution in [3.63, 3.8) is 0 Å². The first-order valence-corrected chi connectivity index (χ1v) is 9.65. The van der Waals surface area contributed by atoms with Gasteiger partial charge in [0.1, 0.15) is 6.61 Å². The molecule has 0 N–H and O–H groups in total. The fraction of sp³-hybridized carbons (Fsp3) is 0.588. The van der Waals surface area contributed by atoms with E-state index in [1.54, 1.807) is 23.1 Å². The lowest BCUT2D eigenvalue weighted by Gasteiger charge is -2.25. The molecular formula is C17H27NO6S. The quantitative estimate of drug-likeness (QED) is 0.584. The van der Waals surface area contributed by atoms with Crippen LogP contribution in [-0.2, 0) is 26.2 Å². The lowest BCUT2D eigenvalue weighted by molar-refractivity contribution is -0.136. The molecule has 0 aromatic heterocycles. The van der Waals surface area contributed by atoms with Gasteiger partial charge in [0.2, 0.25) is 5.91 Å². The standard InChI is InChI=1S/C17H27NO6S/c1-6-25(20,21)24-16-9-14(7-8-15(16)23-5)11-18(10-13(2)3)17(19)12-22-4/h7-9,13H,6,10-12H2,1-5H3. The molecule has 0 aliphatic heterocycles. The smallest absolute Gasteiger partial charge is 0.309 e. The van der Waals surface area contributed by atoms with Crippen molar-refractivity contribution in [1.29, 1.82) is 0 Å². The molecule has 0 aliphatic rings. The molecule has 7 nitrogen and oxygen atoms in total. The fourth-order valence-corrected chi connectivity index (χ4v) is 2.73. The molecule has 1 amide bonds. The molecule has 1 aromatic rings. The third-order valence-corrected chi connectivity index (χ3v) is 4.52. The van der Waals surface area contributed by atoms with Gasteiger partial charge >= 0.3 is 10.1 Å². The normalized spacial score (nSPS) is 11.4. The molecule has 0 atom stereocenters. The van der Waals surface area contributed by atoms with Gasteiger partial charge in [-0.1, -0.05) is 19.9 Å². The second-order valence-corrected chi connectivity index (χ2v) is 7.88. The van der Waals surface area contributed by atoms with Crippen LogP contribution in [0.4, 0.5) is 0 Å². The Hall–Kier alpha value is -1.80. The number of carbonyl (C=O) groups is 1. The molecule has 1 rings (SSSR count). The minimum Gasteiger partial charge on any atom is -0.493 e. The predicted octanol–water partition coefficient (Wildman–Crippen LogP) is 2.05. The highest BCUT2D eigenvalue weighted by atomic mass is 32.2. The van der Waals surface area contributed by atoms with Crippen LogP contribution in [0.2, 0.25) is 0 Å². The number of carbonyl (C=O) groups excluding carboxylic acids is 1. The van der Waals surface area contributed by atoms with E-state index in [4.69, 9.17) is 13.7 Å². The third-order valence-electron chi connectivity index (χ3n) is 3.38. The van der Waals surface area contributed by atoms with Gasteiger partial charge in [-0.3, -0.25) is 4.79 Å². The van der Waals surface area contributed by atoms with E-state index in [1.807, 2.05) is 13.8 Å². The summed E-state index contributed by atoms with van der Waals surface area (Å²) in [6.07, 6.45) is 0. The minimum atomic E-state index is -3.67. The van der Waals surface area contributed by atoms with Gasteiger partial charge in [-0.15, -0.1) is 0 Å². The Morgan fingerprint density at radius 3 is 2.40 bits per heavy atom. The number of hydrogen-bond acceptors (Lipinski definition) is 6. The predicted molar refractivity (Wildman–Crippen MR) is 95.2 cm³/mol. The zero-order valence-corrected chi connectivity index (χ0v) is 16.3. The van der Waals surface area contributed by atoms with E-state index >= 15 is 0 Å². The third kappa shape index (κ3) is 6.91. The highest BCUT2D eigenvalue weighted by Gasteiger charge is 2.18. The van der Waals surface area contributed by atoms with Crippen LogP contribution in [0, 0.1) is 5.92 Å². The number of rotatable bonds is 10. The molecule has 0 saturated carbocycles. The van der Waals surface area contributed by atoms with Crippen LogP contribution in [0.3, 0.4) is 0 Å². The van der Waals surface area contributed by atoms with Crippen LogP contribution in [-0.4, -0.2) is 52.3 Å². The number of ether oxygens (including phenoxy) is 2. The van der Waals surface area contributed by atoms with Crippen LogP contribution in [0.15, 0.2) is 18.2 Å². The van der Waals surface area contributed by atoms with Gasteiger partial charge in [-0.2, -0.15) is 8.42 Å². The summed E-state index contributed by atoms with van der Waals surface area (Å²) in [4.78, 5) is 13.9. The number of benzene rings is 1. The molecule has 0 fully saturated rings. The zero-order valence-electron chi connectivity index (χ0n) is 15.4. The van der Waals surface area contributed by atoms with Gasteiger partial charge in [0.05, 0.1) is 12.9 Å². The Morgan fingerprint density at radius 1 is 1.20 bits per heavy atom. The summed E-state index contributed by atoms with van der Waals surface area (Å²) in [5.41, 5.74) is 0.743. The average Bonchev–Trinajstić information content (AvgIpc) is 2.54. The second-order valence-electron chi connectivity index (χ2n) is 6.02. The Balaban J connectivity index is 3.08. The van der Waals surface area contributed by atoms with Gasteiger partial charge in [0, 0.05) is 20.2 Å². The van der Waals surface area contributed by atoms with Crippen molar-refractivity contribution in [2.75, 3.05) is 33.1 Å². The summed E-state index contributed by atoms with van der Waals surface area (Å²) in [5.74, 6) is 0.447. The van der Waals surface area contributed by atoms with Gasteiger partial charge in [-0.05, 0) is 30.5 Å². The highest BCUT2D eigenvalue weighted by Crippen LogP contribution is 2.30. The second kappa shape index (κ2) is 9.62. The lowest BCUT2D eigenvalue weighted by Crippen LogP contribution is -2.36. The Morgan fingerprint density at radius 2 is 1.88 bits per heavy atom. The lowest BCUT2D eigenvalue weighted by atomic mass is 10.1. The summed E-state index contributed by atoms with van der Waals surface area (Å²) in [7, 11) is -0.764. The molecule has 0 heterocycles. The summed E-state index contributed by atoms with van der Waals surface area (Å²) in [6.45, 7) is 6.42. The maximum atomic E-state index is 12.2. The van der Waals surface area contributed by atoms with Crippen LogP contribution >= 0.6 is 0 Å². The van der Waals surface area contributed by atoms with E-state index < -0.39 is 10.1 Å². The van der Waals surface area contributed by atoms with E-state index in [0.29, 0.717) is 18.8 Å². The van der Waals surface area contributed by atoms with Crippen molar-refractivity contribution in [3.05, 3.63) is 23.8 Å². The molecule has 0 spiro atoms. The molecule has 0 aliphatic carbocycles. The molecule has 0 unspecified atom stereocenters. The number of methoxy groups -OCH3 is 2. The van der Waals surface area contributed by atoms with E-state index in [-0.39, 0.29) is 29.9 Å². The summed E-state index contributed by atoms with van der Waals surface area (Å²) in [5, 5.41) is 0. The zero-order chi connectivity index (χ0) is 19.0. The topological polar surface area (TPSA) is 82.1 Å². The number of hydrogen-bond donors (Lipinski definition) is 0. The van der Waals surface area contributed by atoms with E-state index in [0.717, 1.165) is 5.56 Å². The van der Waals surface area contributed by atoms with Crippen molar-refractivity contribution < 1.29 is 26.9 Å². The Bertz CT molecular complexity index is 672. The molecule has 1 aromatic carbocycles. The van der Waals surface area contributed by atoms with Crippen molar-refractivity contribution in [1.82, 2.24) is 4.90 Å². The number of nitrogens with zero attached hydrogens (tertiary/aromatic N) is 1. The molecule has 0 bridgehead atoms. The first-order chi connectivity index (χ1) is 11.7. The molecule has 25 heavy (non-hydrogen) atoms. The van der Waals surface area contributed by atoms with Crippen LogP contribution < -0.4 is 8.92 Å². The van der Waals surface area contributed by atoms with Crippen molar-refractivity contribution in [2.45, 2.75) is 27.3 Å². The van der Waals surface area contributed by atoms with Crippen molar-refractivity contribution in [3.8, 4) is 11.5 Å². The van der Waals surface area contributed by atoms with Gasteiger partial charge in [0.15, 0.2) is 11.5 Å². The van der Waals surface area contributed by atoms with E-state index in [1.165, 1.54) is 21.1 Å². The van der Waals surface area contributed by atoms with Crippen molar-refractivity contribution in [2.24, 2.45) is 5.92 Å². The Kier molecular flexibility index (Phi) is 8.18. The first-order valence-electron chi connectivity index (χ1n) is 8.08. The van der Waals surface area contributed by atoms with Crippen molar-refractivity contribution >= 4 is 16.0 Å². The van der Waals surface area contributed by atoms with Gasteiger partial charge in [0.25, 0.3) is 0 Å². The van der Waals surface area contributed by atoms with Gasteiger partial charge in [-0.25, -0.2) is 0 Å². The molecule has 8 heteroatoms. The molecule has 142 valence electrons. The molecular weight excluding hydrogens is 346 g/mol. The maximum absolute atomic E-state index is 12.2. The molecule has 0 radical (unpaired) electrons. The summed E-state index contributed by atoms with van der Waals surface area (Å²) in [6, 6.07) is 4.99. The van der Waals surface area contributed by atoms with Crippen LogP contribution in [0.5, 0.6) is 11.5 Å². The van der Waals surface area contributed by atoms with E-state index in [2.05, 4.69) is 0 Å². The number of amides is 1. The van der Waals surface area contributed by atoms with E-state index in [9.17, 15) is 13.2 Å². The van der Waals surface area contributed by atoms with Gasteiger partial charge < -0.3 is 18.6 Å². The first kappa shape index (κ1) is 21.2. The SMILES string of the molecule is CCS(=O)(=O)Oc1cc(CN(CC(C)C)C(=O)COC)ccc1OC. The summed E-state index contributed by atoms with van der Waals surface area (Å²) < 4.78 is 38.7. The van der Waals surface area contributed by atoms with Crippen LogP contribution in [0.25, 0.3) is 0 Å². The van der Waals surface area contributed by atoms with Crippen LogP contribution in [0.1, 0.15) is 26.3 Å². The minimum absolute atomic E-state index is 0.00353. The Labute approximate surface area is 150 Å². The molecule has 0 saturated heterocycles. The largest absolute Gasteiger partial charge is 0.493 e. The fourth-order valence-electron chi connectivity index (χ4n) is 2.21. The maximum Gasteiger partial charge on any atom is 0.309 e. The highest BCUT2D eigenvalue weighted by molar-refractivity contribution is 7.87. The average molecular weight is 373 g/mol. The monoisotopic (exact) mass is 373 g/mol. The summed E-state index contributed by atoms with van der Waals surface area (Å²) >= 11 is 0.